The van der Waals surface area contributed by atoms with Crippen molar-refractivity contribution in [3.63, 3.8) is 0 Å². The molecule has 1 amide bonds. The molecule has 0 spiro atoms. The van der Waals surface area contributed by atoms with Gasteiger partial charge in [0.1, 0.15) is 0 Å². The van der Waals surface area contributed by atoms with Crippen LogP contribution in [0.1, 0.15) is 33.3 Å². The van der Waals surface area contributed by atoms with Crippen LogP contribution in [0.4, 0.5) is 5.69 Å². The number of pyridine rings is 1. The third-order valence-electron chi connectivity index (χ3n) is 3.79. The maximum absolute atomic E-state index is 12.6. The molecule has 0 bridgehead atoms. The summed E-state index contributed by atoms with van der Waals surface area (Å²) in [5.74, 6) is -0.682. The van der Waals surface area contributed by atoms with Gasteiger partial charge in [-0.25, -0.2) is 4.79 Å². The fourth-order valence-electron chi connectivity index (χ4n) is 2.58. The number of carbonyl (C=O) groups is 2. The largest absolute Gasteiger partial charge is 0.462 e. The first-order valence-electron chi connectivity index (χ1n) is 8.03. The zero-order valence-electron chi connectivity index (χ0n) is 14.1. The number of nitrogens with one attached hydrogen (secondary N) is 1. The summed E-state index contributed by atoms with van der Waals surface area (Å²) in [5, 5.41) is 3.72. The number of rotatable bonds is 4. The van der Waals surface area contributed by atoms with E-state index in [1.807, 2.05) is 30.3 Å². The zero-order chi connectivity index (χ0) is 17.8. The van der Waals surface area contributed by atoms with Crippen LogP contribution in [0.5, 0.6) is 0 Å². The molecule has 25 heavy (non-hydrogen) atoms. The van der Waals surface area contributed by atoms with Crippen LogP contribution in [0.15, 0.2) is 54.6 Å². The smallest absolute Gasteiger partial charge is 0.338 e. The number of hydrogen-bond acceptors (Lipinski definition) is 4. The van der Waals surface area contributed by atoms with Crippen LogP contribution >= 0.6 is 0 Å². The van der Waals surface area contributed by atoms with E-state index in [2.05, 4.69) is 10.3 Å². The molecule has 5 heteroatoms. The first-order valence-corrected chi connectivity index (χ1v) is 8.03. The second-order valence-corrected chi connectivity index (χ2v) is 5.57. The summed E-state index contributed by atoms with van der Waals surface area (Å²) in [7, 11) is 0. The molecule has 0 atom stereocenters. The first-order chi connectivity index (χ1) is 12.1. The Bertz CT molecular complexity index is 951. The van der Waals surface area contributed by atoms with E-state index in [0.29, 0.717) is 29.1 Å². The van der Waals surface area contributed by atoms with Crippen molar-refractivity contribution in [3.8, 4) is 0 Å². The Balaban J connectivity index is 1.86. The molecular weight excluding hydrogens is 316 g/mol. The van der Waals surface area contributed by atoms with E-state index in [0.717, 1.165) is 10.9 Å². The van der Waals surface area contributed by atoms with E-state index in [-0.39, 0.29) is 5.91 Å². The van der Waals surface area contributed by atoms with Crippen molar-refractivity contribution in [1.29, 1.82) is 0 Å². The molecular formula is C20H18N2O3. The van der Waals surface area contributed by atoms with Gasteiger partial charge in [-0.05, 0) is 44.2 Å². The maximum atomic E-state index is 12.6. The molecule has 0 aliphatic rings. The molecule has 0 unspecified atom stereocenters. The Labute approximate surface area is 145 Å². The lowest BCUT2D eigenvalue weighted by atomic mass is 10.1. The summed E-state index contributed by atoms with van der Waals surface area (Å²) >= 11 is 0. The average Bonchev–Trinajstić information content (AvgIpc) is 2.61. The molecule has 3 aromatic rings. The number of hydrogen-bond donors (Lipinski definition) is 1. The molecule has 1 heterocycles. The lowest BCUT2D eigenvalue weighted by Gasteiger charge is -2.10. The van der Waals surface area contributed by atoms with Gasteiger partial charge in [-0.3, -0.25) is 9.78 Å². The van der Waals surface area contributed by atoms with Crippen molar-refractivity contribution in [1.82, 2.24) is 4.98 Å². The van der Waals surface area contributed by atoms with Crippen LogP contribution in [-0.4, -0.2) is 23.5 Å². The third kappa shape index (κ3) is 3.66. The van der Waals surface area contributed by atoms with Crippen LogP contribution in [0.3, 0.4) is 0 Å². The van der Waals surface area contributed by atoms with Gasteiger partial charge < -0.3 is 10.1 Å². The van der Waals surface area contributed by atoms with Crippen LogP contribution in [0.2, 0.25) is 0 Å². The molecule has 0 saturated carbocycles. The Kier molecular flexibility index (Phi) is 4.75. The van der Waals surface area contributed by atoms with Crippen LogP contribution in [0, 0.1) is 6.92 Å². The maximum Gasteiger partial charge on any atom is 0.338 e. The molecule has 1 N–H and O–H groups in total. The number of para-hydroxylation sites is 1. The van der Waals surface area contributed by atoms with Crippen molar-refractivity contribution in [2.75, 3.05) is 11.9 Å². The van der Waals surface area contributed by atoms with Crippen molar-refractivity contribution < 1.29 is 14.3 Å². The second-order valence-electron chi connectivity index (χ2n) is 5.57. The molecule has 0 fully saturated rings. The fourth-order valence-corrected chi connectivity index (χ4v) is 2.58. The normalized spacial score (nSPS) is 10.5. The highest BCUT2D eigenvalue weighted by Gasteiger charge is 2.13. The number of nitrogens with zero attached hydrogens (tertiary/aromatic N) is 1. The monoisotopic (exact) mass is 334 g/mol. The Hall–Kier alpha value is -3.21. The summed E-state index contributed by atoms with van der Waals surface area (Å²) in [6.07, 6.45) is 0. The third-order valence-corrected chi connectivity index (χ3v) is 3.79. The minimum absolute atomic E-state index is 0.267. The SMILES string of the molecule is CCOC(=O)c1cccc(NC(=O)c2cc3ccccc3nc2C)c1. The minimum atomic E-state index is -0.415. The van der Waals surface area contributed by atoms with Gasteiger partial charge >= 0.3 is 5.97 Å². The van der Waals surface area contributed by atoms with Gasteiger partial charge in [-0.1, -0.05) is 24.3 Å². The van der Waals surface area contributed by atoms with Crippen molar-refractivity contribution in [3.05, 3.63) is 71.4 Å². The molecule has 0 radical (unpaired) electrons. The molecule has 0 aliphatic heterocycles. The predicted octanol–water partition coefficient (Wildman–Crippen LogP) is 3.97. The van der Waals surface area contributed by atoms with Crippen molar-refractivity contribution in [2.45, 2.75) is 13.8 Å². The molecule has 2 aromatic carbocycles. The summed E-state index contributed by atoms with van der Waals surface area (Å²) in [6.45, 7) is 3.85. The Morgan fingerprint density at radius 2 is 1.88 bits per heavy atom. The number of benzene rings is 2. The summed E-state index contributed by atoms with van der Waals surface area (Å²) < 4.78 is 4.98. The van der Waals surface area contributed by atoms with Gasteiger partial charge in [0.15, 0.2) is 0 Å². The molecule has 0 saturated heterocycles. The summed E-state index contributed by atoms with van der Waals surface area (Å²) in [5.41, 5.74) is 2.93. The number of ether oxygens (including phenoxy) is 1. The zero-order valence-corrected chi connectivity index (χ0v) is 14.1. The number of aromatic nitrogens is 1. The first kappa shape index (κ1) is 16.6. The standard InChI is InChI=1S/C20H18N2O3/c1-3-25-20(24)15-8-6-9-16(11-15)22-19(23)17-12-14-7-4-5-10-18(14)21-13(17)2/h4-12H,3H2,1-2H3,(H,22,23). The predicted molar refractivity (Wildman–Crippen MR) is 96.8 cm³/mol. The highest BCUT2D eigenvalue weighted by Crippen LogP contribution is 2.18. The van der Waals surface area contributed by atoms with Gasteiger partial charge in [0, 0.05) is 11.1 Å². The van der Waals surface area contributed by atoms with Crippen molar-refractivity contribution >= 4 is 28.5 Å². The number of aryl methyl sites for hydroxylation is 1. The van der Waals surface area contributed by atoms with Crippen LogP contribution < -0.4 is 5.32 Å². The van der Waals surface area contributed by atoms with E-state index < -0.39 is 5.97 Å². The van der Waals surface area contributed by atoms with E-state index in [1.165, 1.54) is 0 Å². The highest BCUT2D eigenvalue weighted by molar-refractivity contribution is 6.07. The molecule has 3 rings (SSSR count). The number of esters is 1. The van der Waals surface area contributed by atoms with Gasteiger partial charge in [0.25, 0.3) is 5.91 Å². The summed E-state index contributed by atoms with van der Waals surface area (Å²) in [6, 6.07) is 16.1. The van der Waals surface area contributed by atoms with Crippen LogP contribution in [-0.2, 0) is 4.74 Å². The number of amides is 1. The molecule has 0 aliphatic carbocycles. The van der Waals surface area contributed by atoms with E-state index in [4.69, 9.17) is 4.74 Å². The Morgan fingerprint density at radius 3 is 2.68 bits per heavy atom. The molecule has 1 aromatic heterocycles. The molecule has 126 valence electrons. The van der Waals surface area contributed by atoms with Gasteiger partial charge in [0.05, 0.1) is 28.9 Å². The highest BCUT2D eigenvalue weighted by atomic mass is 16.5. The summed E-state index contributed by atoms with van der Waals surface area (Å²) in [4.78, 5) is 28.9. The lowest BCUT2D eigenvalue weighted by molar-refractivity contribution is 0.0526. The van der Waals surface area contributed by atoms with E-state index in [1.54, 1.807) is 38.1 Å². The molecule has 5 nitrogen and oxygen atoms in total. The number of carbonyl (C=O) groups excluding carboxylic acids is 2. The van der Waals surface area contributed by atoms with Gasteiger partial charge in [0.2, 0.25) is 0 Å². The number of anilines is 1. The topological polar surface area (TPSA) is 68.3 Å². The second kappa shape index (κ2) is 7.13. The quantitative estimate of drug-likeness (QED) is 0.733. The van der Waals surface area contributed by atoms with Gasteiger partial charge in [-0.15, -0.1) is 0 Å². The average molecular weight is 334 g/mol. The lowest BCUT2D eigenvalue weighted by Crippen LogP contribution is -2.15. The van der Waals surface area contributed by atoms with E-state index in [9.17, 15) is 9.59 Å². The van der Waals surface area contributed by atoms with Gasteiger partial charge in [-0.2, -0.15) is 0 Å². The fraction of sp³-hybridized carbons (Fsp3) is 0.150. The van der Waals surface area contributed by atoms with E-state index >= 15 is 0 Å². The number of fused-ring (bicyclic) bond motifs is 1. The van der Waals surface area contributed by atoms with Crippen molar-refractivity contribution in [2.24, 2.45) is 0 Å². The van der Waals surface area contributed by atoms with Crippen LogP contribution in [0.25, 0.3) is 10.9 Å². The minimum Gasteiger partial charge on any atom is -0.462 e. The Morgan fingerprint density at radius 1 is 1.08 bits per heavy atom.